The van der Waals surface area contributed by atoms with Crippen molar-refractivity contribution in [3.8, 4) is 12.3 Å². The molecule has 2 fully saturated rings. The Morgan fingerprint density at radius 3 is 2.50 bits per heavy atom. The van der Waals surface area contributed by atoms with Crippen LogP contribution in [-0.4, -0.2) is 0 Å². The maximum atomic E-state index is 5.19. The van der Waals surface area contributed by atoms with Gasteiger partial charge in [0.2, 0.25) is 0 Å². The molecule has 2 aliphatic carbocycles. The maximum Gasteiger partial charge on any atom is 0.0146 e. The van der Waals surface area contributed by atoms with Gasteiger partial charge >= 0.3 is 0 Å². The number of terminal acetylenes is 1. The molecule has 8 heavy (non-hydrogen) atoms. The molecule has 2 unspecified atom stereocenters. The molecule has 2 aliphatic rings. The van der Waals surface area contributed by atoms with E-state index in [9.17, 15) is 0 Å². The first-order valence-electron chi connectivity index (χ1n) is 3.22. The van der Waals surface area contributed by atoms with E-state index < -0.39 is 0 Å². The monoisotopic (exact) mass is 106 g/mol. The van der Waals surface area contributed by atoms with E-state index in [1.54, 1.807) is 0 Å². The van der Waals surface area contributed by atoms with Crippen molar-refractivity contribution in [3.63, 3.8) is 0 Å². The largest absolute Gasteiger partial charge is 0.120 e. The minimum absolute atomic E-state index is 0.620. The molecule has 0 aliphatic heterocycles. The van der Waals surface area contributed by atoms with Crippen LogP contribution in [0.15, 0.2) is 0 Å². The van der Waals surface area contributed by atoms with Crippen molar-refractivity contribution in [1.82, 2.24) is 0 Å². The Balaban J connectivity index is 2.00. The first-order valence-corrected chi connectivity index (χ1v) is 3.22. The van der Waals surface area contributed by atoms with Crippen molar-refractivity contribution in [2.24, 2.45) is 17.3 Å². The fraction of sp³-hybridized carbons (Fsp3) is 0.750. The lowest BCUT2D eigenvalue weighted by atomic mass is 9.94. The summed E-state index contributed by atoms with van der Waals surface area (Å²) in [6, 6.07) is 0. The van der Waals surface area contributed by atoms with Crippen LogP contribution in [0, 0.1) is 29.6 Å². The van der Waals surface area contributed by atoms with E-state index in [2.05, 4.69) is 12.8 Å². The van der Waals surface area contributed by atoms with Crippen molar-refractivity contribution in [2.75, 3.05) is 0 Å². The molecule has 0 aromatic heterocycles. The smallest absolute Gasteiger partial charge is 0.0146 e. The van der Waals surface area contributed by atoms with Crippen LogP contribution < -0.4 is 0 Å². The number of hydrogen-bond acceptors (Lipinski definition) is 0. The molecule has 0 spiro atoms. The molecule has 0 saturated heterocycles. The summed E-state index contributed by atoms with van der Waals surface area (Å²) in [5, 5.41) is 0. The van der Waals surface area contributed by atoms with E-state index in [0.29, 0.717) is 5.41 Å². The number of fused-ring (bicyclic) bond motifs is 1. The van der Waals surface area contributed by atoms with Crippen molar-refractivity contribution < 1.29 is 0 Å². The van der Waals surface area contributed by atoms with Gasteiger partial charge in [0.15, 0.2) is 0 Å². The second kappa shape index (κ2) is 0.957. The Bertz CT molecular complexity index is 153. The number of hydrogen-bond donors (Lipinski definition) is 0. The van der Waals surface area contributed by atoms with E-state index >= 15 is 0 Å². The lowest BCUT2D eigenvalue weighted by molar-refractivity contribution is 0.421. The predicted octanol–water partition coefficient (Wildman–Crippen LogP) is 1.67. The SMILES string of the molecule is C#CCC1(C)C2CC21. The summed E-state index contributed by atoms with van der Waals surface area (Å²) in [6.45, 7) is 2.31. The van der Waals surface area contributed by atoms with Crippen molar-refractivity contribution >= 4 is 0 Å². The molecule has 0 bridgehead atoms. The Labute approximate surface area is 50.3 Å². The van der Waals surface area contributed by atoms with Gasteiger partial charge in [0.1, 0.15) is 0 Å². The average molecular weight is 106 g/mol. The molecule has 0 heterocycles. The van der Waals surface area contributed by atoms with Crippen LogP contribution in [0.3, 0.4) is 0 Å². The van der Waals surface area contributed by atoms with Crippen LogP contribution >= 0.6 is 0 Å². The molecule has 0 radical (unpaired) electrons. The summed E-state index contributed by atoms with van der Waals surface area (Å²) in [5.41, 5.74) is 0.620. The Hall–Kier alpha value is -0.440. The molecule has 2 rings (SSSR count). The molecule has 0 heteroatoms. The van der Waals surface area contributed by atoms with E-state index in [4.69, 9.17) is 6.42 Å². The van der Waals surface area contributed by atoms with Crippen LogP contribution in [0.1, 0.15) is 19.8 Å². The highest BCUT2D eigenvalue weighted by Crippen LogP contribution is 2.78. The quantitative estimate of drug-likeness (QED) is 0.446. The summed E-state index contributed by atoms with van der Waals surface area (Å²) >= 11 is 0. The van der Waals surface area contributed by atoms with Gasteiger partial charge in [-0.3, -0.25) is 0 Å². The highest BCUT2D eigenvalue weighted by atomic mass is 14.8. The second-order valence-electron chi connectivity index (χ2n) is 3.34. The van der Waals surface area contributed by atoms with Gasteiger partial charge in [-0.05, 0) is 23.7 Å². The Morgan fingerprint density at radius 2 is 2.38 bits per heavy atom. The highest BCUT2D eigenvalue weighted by Gasteiger charge is 2.72. The van der Waals surface area contributed by atoms with Gasteiger partial charge < -0.3 is 0 Å². The van der Waals surface area contributed by atoms with Gasteiger partial charge in [0.25, 0.3) is 0 Å². The van der Waals surface area contributed by atoms with Crippen molar-refractivity contribution in [1.29, 1.82) is 0 Å². The molecule has 0 aromatic rings. The van der Waals surface area contributed by atoms with Crippen molar-refractivity contribution in [2.45, 2.75) is 19.8 Å². The zero-order valence-electron chi connectivity index (χ0n) is 5.15. The molecule has 0 amide bonds. The molecule has 42 valence electrons. The third-order valence-corrected chi connectivity index (χ3v) is 2.86. The normalized spacial score (nSPS) is 56.5. The Morgan fingerprint density at radius 1 is 1.75 bits per heavy atom. The highest BCUT2D eigenvalue weighted by molar-refractivity contribution is 5.23. The summed E-state index contributed by atoms with van der Waals surface area (Å²) in [5.74, 6) is 4.81. The minimum Gasteiger partial charge on any atom is -0.120 e. The molecule has 0 N–H and O–H groups in total. The lowest BCUT2D eigenvalue weighted by Gasteiger charge is -2.10. The third-order valence-electron chi connectivity index (χ3n) is 2.86. The van der Waals surface area contributed by atoms with Crippen LogP contribution in [0.4, 0.5) is 0 Å². The first-order chi connectivity index (χ1) is 3.79. The molecule has 0 aromatic carbocycles. The summed E-state index contributed by atoms with van der Waals surface area (Å²) in [7, 11) is 0. The van der Waals surface area contributed by atoms with E-state index in [-0.39, 0.29) is 0 Å². The van der Waals surface area contributed by atoms with Gasteiger partial charge in [0.05, 0.1) is 0 Å². The standard InChI is InChI=1S/C8H10/c1-3-4-8(2)6-5-7(6)8/h1,6-7H,4-5H2,2H3. The molecule has 2 saturated carbocycles. The summed E-state index contributed by atoms with van der Waals surface area (Å²) in [4.78, 5) is 0. The third kappa shape index (κ3) is 0.302. The minimum atomic E-state index is 0.620. The topological polar surface area (TPSA) is 0 Å². The predicted molar refractivity (Wildman–Crippen MR) is 33.2 cm³/mol. The summed E-state index contributed by atoms with van der Waals surface area (Å²) < 4.78 is 0. The summed E-state index contributed by atoms with van der Waals surface area (Å²) in [6.07, 6.45) is 7.67. The van der Waals surface area contributed by atoms with Gasteiger partial charge in [-0.15, -0.1) is 12.3 Å². The van der Waals surface area contributed by atoms with Crippen LogP contribution in [0.25, 0.3) is 0 Å². The van der Waals surface area contributed by atoms with Crippen LogP contribution in [0.2, 0.25) is 0 Å². The zero-order chi connectivity index (χ0) is 5.78. The first kappa shape index (κ1) is 4.44. The van der Waals surface area contributed by atoms with Crippen LogP contribution in [-0.2, 0) is 0 Å². The fourth-order valence-electron chi connectivity index (χ4n) is 1.82. The van der Waals surface area contributed by atoms with Gasteiger partial charge in [-0.2, -0.15) is 0 Å². The molecule has 0 nitrogen and oxygen atoms in total. The van der Waals surface area contributed by atoms with E-state index in [0.717, 1.165) is 18.3 Å². The average Bonchev–Trinajstić information content (AvgIpc) is 2.50. The van der Waals surface area contributed by atoms with Crippen LogP contribution in [0.5, 0.6) is 0 Å². The van der Waals surface area contributed by atoms with Gasteiger partial charge in [-0.25, -0.2) is 0 Å². The fourth-order valence-corrected chi connectivity index (χ4v) is 1.82. The second-order valence-corrected chi connectivity index (χ2v) is 3.34. The lowest BCUT2D eigenvalue weighted by Crippen LogP contribution is -2.02. The Kier molecular flexibility index (Phi) is 0.531. The zero-order valence-corrected chi connectivity index (χ0v) is 5.15. The van der Waals surface area contributed by atoms with Crippen molar-refractivity contribution in [3.05, 3.63) is 0 Å². The molecular weight excluding hydrogens is 96.1 g/mol. The van der Waals surface area contributed by atoms with Gasteiger partial charge in [0, 0.05) is 6.42 Å². The number of rotatable bonds is 1. The molecule has 2 atom stereocenters. The van der Waals surface area contributed by atoms with E-state index in [1.165, 1.54) is 6.42 Å². The molecular formula is C8H10. The maximum absolute atomic E-state index is 5.19. The van der Waals surface area contributed by atoms with Gasteiger partial charge in [-0.1, -0.05) is 6.92 Å². The van der Waals surface area contributed by atoms with E-state index in [1.807, 2.05) is 0 Å².